The predicted molar refractivity (Wildman–Crippen MR) is 74.3 cm³/mol. The van der Waals surface area contributed by atoms with Crippen LogP contribution in [-0.4, -0.2) is 24.8 Å². The topological polar surface area (TPSA) is 21.3 Å². The molecule has 2 atom stereocenters. The van der Waals surface area contributed by atoms with Crippen molar-refractivity contribution < 1.29 is 4.74 Å². The van der Waals surface area contributed by atoms with E-state index in [9.17, 15) is 0 Å². The number of nitrogens with one attached hydrogen (secondary N) is 1. The van der Waals surface area contributed by atoms with Crippen LogP contribution < -0.4 is 5.32 Å². The molecular formula is C15H31NO. The van der Waals surface area contributed by atoms with E-state index >= 15 is 0 Å². The standard InChI is InChI=1S/C15H31NO/c1-14(2,3)11-15(4,5)16-12-9-7-8-10-13(12)17-6/h12-13,16H,7-11H2,1-6H3. The minimum Gasteiger partial charge on any atom is -0.380 e. The maximum atomic E-state index is 5.62. The van der Waals surface area contributed by atoms with Gasteiger partial charge in [0.2, 0.25) is 0 Å². The second kappa shape index (κ2) is 5.71. The van der Waals surface area contributed by atoms with Crippen molar-refractivity contribution in [2.45, 2.75) is 84.4 Å². The van der Waals surface area contributed by atoms with Gasteiger partial charge in [0.05, 0.1) is 6.10 Å². The number of hydrogen-bond acceptors (Lipinski definition) is 2. The van der Waals surface area contributed by atoms with Gasteiger partial charge in [0.25, 0.3) is 0 Å². The molecule has 17 heavy (non-hydrogen) atoms. The summed E-state index contributed by atoms with van der Waals surface area (Å²) in [4.78, 5) is 0. The van der Waals surface area contributed by atoms with Crippen LogP contribution in [0.2, 0.25) is 0 Å². The highest BCUT2D eigenvalue weighted by atomic mass is 16.5. The molecule has 0 spiro atoms. The Balaban J connectivity index is 2.55. The highest BCUT2D eigenvalue weighted by Crippen LogP contribution is 2.29. The fourth-order valence-corrected chi connectivity index (χ4v) is 3.42. The monoisotopic (exact) mass is 241 g/mol. The molecule has 2 nitrogen and oxygen atoms in total. The molecule has 1 N–H and O–H groups in total. The molecule has 0 amide bonds. The van der Waals surface area contributed by atoms with Crippen molar-refractivity contribution in [3.05, 3.63) is 0 Å². The zero-order chi connectivity index (χ0) is 13.1. The first kappa shape index (κ1) is 15.0. The second-order valence-corrected chi connectivity index (χ2v) is 7.43. The Morgan fingerprint density at radius 2 is 1.65 bits per heavy atom. The third-order valence-corrected chi connectivity index (χ3v) is 3.55. The van der Waals surface area contributed by atoms with E-state index in [0.29, 0.717) is 17.6 Å². The van der Waals surface area contributed by atoms with Crippen LogP contribution in [0.3, 0.4) is 0 Å². The molecule has 1 rings (SSSR count). The van der Waals surface area contributed by atoms with Crippen LogP contribution in [0.15, 0.2) is 0 Å². The Hall–Kier alpha value is -0.0800. The van der Waals surface area contributed by atoms with E-state index in [1.807, 2.05) is 7.11 Å². The van der Waals surface area contributed by atoms with Gasteiger partial charge in [-0.2, -0.15) is 0 Å². The fraction of sp³-hybridized carbons (Fsp3) is 1.00. The van der Waals surface area contributed by atoms with Crippen LogP contribution in [0.1, 0.15) is 66.7 Å². The van der Waals surface area contributed by atoms with E-state index in [1.54, 1.807) is 0 Å². The maximum absolute atomic E-state index is 5.62. The molecule has 1 aliphatic carbocycles. The molecule has 0 aromatic heterocycles. The van der Waals surface area contributed by atoms with E-state index < -0.39 is 0 Å². The van der Waals surface area contributed by atoms with Gasteiger partial charge in [-0.15, -0.1) is 0 Å². The average Bonchev–Trinajstić information content (AvgIpc) is 2.14. The van der Waals surface area contributed by atoms with Gasteiger partial charge in [-0.25, -0.2) is 0 Å². The van der Waals surface area contributed by atoms with Crippen molar-refractivity contribution in [3.63, 3.8) is 0 Å². The van der Waals surface area contributed by atoms with E-state index in [-0.39, 0.29) is 5.54 Å². The maximum Gasteiger partial charge on any atom is 0.0724 e. The average molecular weight is 241 g/mol. The summed E-state index contributed by atoms with van der Waals surface area (Å²) < 4.78 is 5.62. The first-order valence-corrected chi connectivity index (χ1v) is 7.04. The Morgan fingerprint density at radius 3 is 2.18 bits per heavy atom. The Labute approximate surface area is 108 Å². The van der Waals surface area contributed by atoms with Gasteiger partial charge in [0.1, 0.15) is 0 Å². The van der Waals surface area contributed by atoms with Crippen LogP contribution in [0.5, 0.6) is 0 Å². The van der Waals surface area contributed by atoms with Crippen molar-refractivity contribution in [1.82, 2.24) is 5.32 Å². The first-order valence-electron chi connectivity index (χ1n) is 7.04. The van der Waals surface area contributed by atoms with Crippen molar-refractivity contribution in [2.24, 2.45) is 5.41 Å². The van der Waals surface area contributed by atoms with Crippen LogP contribution in [0, 0.1) is 5.41 Å². The summed E-state index contributed by atoms with van der Waals surface area (Å²) in [6, 6.07) is 0.533. The smallest absolute Gasteiger partial charge is 0.0724 e. The highest BCUT2D eigenvalue weighted by Gasteiger charge is 2.32. The van der Waals surface area contributed by atoms with E-state index in [1.165, 1.54) is 32.1 Å². The predicted octanol–water partition coefficient (Wildman–Crippen LogP) is 3.75. The molecule has 0 aromatic carbocycles. The lowest BCUT2D eigenvalue weighted by molar-refractivity contribution is 0.0279. The summed E-state index contributed by atoms with van der Waals surface area (Å²) >= 11 is 0. The quantitative estimate of drug-likeness (QED) is 0.809. The van der Waals surface area contributed by atoms with Gasteiger partial charge >= 0.3 is 0 Å². The van der Waals surface area contributed by atoms with E-state index in [4.69, 9.17) is 4.74 Å². The zero-order valence-corrected chi connectivity index (χ0v) is 12.6. The van der Waals surface area contributed by atoms with Gasteiger partial charge in [-0.05, 0) is 38.5 Å². The molecule has 1 saturated carbocycles. The number of rotatable bonds is 4. The largest absolute Gasteiger partial charge is 0.380 e. The van der Waals surface area contributed by atoms with Crippen LogP contribution in [0.25, 0.3) is 0 Å². The lowest BCUT2D eigenvalue weighted by Gasteiger charge is -2.40. The molecule has 0 aromatic rings. The third kappa shape index (κ3) is 5.39. The summed E-state index contributed by atoms with van der Waals surface area (Å²) in [6.45, 7) is 11.6. The highest BCUT2D eigenvalue weighted by molar-refractivity contribution is 4.91. The van der Waals surface area contributed by atoms with Gasteiger partial charge in [0.15, 0.2) is 0 Å². The first-order chi connectivity index (χ1) is 7.73. The fourth-order valence-electron chi connectivity index (χ4n) is 3.42. The Bertz CT molecular complexity index is 230. The van der Waals surface area contributed by atoms with E-state index in [2.05, 4.69) is 39.9 Å². The Kier molecular flexibility index (Phi) is 5.03. The molecule has 0 bridgehead atoms. The minimum atomic E-state index is 0.192. The summed E-state index contributed by atoms with van der Waals surface area (Å²) in [5.74, 6) is 0. The molecule has 102 valence electrons. The summed E-state index contributed by atoms with van der Waals surface area (Å²) in [5, 5.41) is 3.83. The summed E-state index contributed by atoms with van der Waals surface area (Å²) in [6.07, 6.45) is 6.71. The molecule has 2 unspecified atom stereocenters. The van der Waals surface area contributed by atoms with Gasteiger partial charge in [-0.1, -0.05) is 33.6 Å². The Morgan fingerprint density at radius 1 is 1.06 bits per heavy atom. The normalized spacial score (nSPS) is 27.2. The van der Waals surface area contributed by atoms with E-state index in [0.717, 1.165) is 0 Å². The lowest BCUT2D eigenvalue weighted by atomic mass is 9.80. The number of methoxy groups -OCH3 is 1. The van der Waals surface area contributed by atoms with Crippen LogP contribution >= 0.6 is 0 Å². The summed E-state index contributed by atoms with van der Waals surface area (Å²) in [7, 11) is 1.85. The van der Waals surface area contributed by atoms with Crippen molar-refractivity contribution in [1.29, 1.82) is 0 Å². The van der Waals surface area contributed by atoms with Crippen LogP contribution in [0.4, 0.5) is 0 Å². The number of hydrogen-bond donors (Lipinski definition) is 1. The van der Waals surface area contributed by atoms with Gasteiger partial charge < -0.3 is 10.1 Å². The molecule has 1 aliphatic rings. The zero-order valence-electron chi connectivity index (χ0n) is 12.6. The molecule has 0 saturated heterocycles. The van der Waals surface area contributed by atoms with Crippen LogP contribution in [-0.2, 0) is 4.74 Å². The third-order valence-electron chi connectivity index (χ3n) is 3.55. The van der Waals surface area contributed by atoms with Gasteiger partial charge in [-0.3, -0.25) is 0 Å². The summed E-state index contributed by atoms with van der Waals surface area (Å²) in [5.41, 5.74) is 0.560. The lowest BCUT2D eigenvalue weighted by Crippen LogP contribution is -2.53. The van der Waals surface area contributed by atoms with Gasteiger partial charge in [0, 0.05) is 18.7 Å². The SMILES string of the molecule is COC1CCCCC1NC(C)(C)CC(C)(C)C. The van der Waals surface area contributed by atoms with Crippen molar-refractivity contribution in [3.8, 4) is 0 Å². The van der Waals surface area contributed by atoms with Crippen molar-refractivity contribution in [2.75, 3.05) is 7.11 Å². The molecule has 1 fully saturated rings. The molecule has 0 aliphatic heterocycles. The second-order valence-electron chi connectivity index (χ2n) is 7.43. The molecule has 0 radical (unpaired) electrons. The molecule has 0 heterocycles. The molecular weight excluding hydrogens is 210 g/mol. The molecule has 2 heteroatoms. The van der Waals surface area contributed by atoms with Crippen molar-refractivity contribution >= 4 is 0 Å². The number of ether oxygens (including phenoxy) is 1. The minimum absolute atomic E-state index is 0.192.